The number of nitrogens with one attached hydrogen (secondary N) is 1. The SMILES string of the molecule is CC(=O)NC1(c2noc(C(F)(F)F)n2)CCCCCC1. The highest BCUT2D eigenvalue weighted by atomic mass is 19.4. The number of nitrogens with zero attached hydrogens (tertiary/aromatic N) is 2. The topological polar surface area (TPSA) is 68.0 Å². The van der Waals surface area contributed by atoms with Crippen molar-refractivity contribution in [3.63, 3.8) is 0 Å². The highest BCUT2D eigenvalue weighted by molar-refractivity contribution is 5.74. The van der Waals surface area contributed by atoms with E-state index in [1.165, 1.54) is 6.92 Å². The van der Waals surface area contributed by atoms with Crippen molar-refractivity contribution in [2.24, 2.45) is 0 Å². The Bertz CT molecular complexity index is 477. The standard InChI is InChI=1S/C12H16F3N3O2/c1-8(19)17-11(6-4-2-3-5-7-11)9-16-10(20-18-9)12(13,14)15/h2-7H2,1H3,(H,17,19). The van der Waals surface area contributed by atoms with E-state index >= 15 is 0 Å². The molecule has 1 aromatic heterocycles. The number of carbonyl (C=O) groups excluding carboxylic acids is 1. The van der Waals surface area contributed by atoms with Crippen molar-refractivity contribution >= 4 is 5.91 Å². The summed E-state index contributed by atoms with van der Waals surface area (Å²) in [5.41, 5.74) is -0.949. The summed E-state index contributed by atoms with van der Waals surface area (Å²) in [6.45, 7) is 1.33. The van der Waals surface area contributed by atoms with Crippen molar-refractivity contribution in [3.8, 4) is 0 Å². The molecule has 1 aromatic rings. The molecule has 2 rings (SSSR count). The summed E-state index contributed by atoms with van der Waals surface area (Å²) in [5, 5.41) is 6.18. The van der Waals surface area contributed by atoms with Gasteiger partial charge < -0.3 is 9.84 Å². The van der Waals surface area contributed by atoms with Gasteiger partial charge in [0, 0.05) is 6.92 Å². The number of hydrogen-bond donors (Lipinski definition) is 1. The van der Waals surface area contributed by atoms with Crippen molar-refractivity contribution in [3.05, 3.63) is 11.7 Å². The van der Waals surface area contributed by atoms with Crippen molar-refractivity contribution in [2.45, 2.75) is 57.2 Å². The Balaban J connectivity index is 2.35. The molecule has 0 spiro atoms. The molecule has 0 atom stereocenters. The van der Waals surface area contributed by atoms with E-state index in [1.54, 1.807) is 0 Å². The van der Waals surface area contributed by atoms with Gasteiger partial charge in [0.05, 0.1) is 0 Å². The van der Waals surface area contributed by atoms with E-state index in [9.17, 15) is 18.0 Å². The number of rotatable bonds is 2. The van der Waals surface area contributed by atoms with Crippen LogP contribution in [0, 0.1) is 0 Å². The van der Waals surface area contributed by atoms with Gasteiger partial charge in [-0.3, -0.25) is 4.79 Å². The van der Waals surface area contributed by atoms with E-state index in [4.69, 9.17) is 0 Å². The zero-order chi connectivity index (χ0) is 14.8. The maximum Gasteiger partial charge on any atom is 0.471 e. The molecule has 0 bridgehead atoms. The normalized spacial score (nSPS) is 19.4. The fourth-order valence-corrected chi connectivity index (χ4v) is 2.61. The number of carbonyl (C=O) groups is 1. The summed E-state index contributed by atoms with van der Waals surface area (Å²) < 4.78 is 41.9. The van der Waals surface area contributed by atoms with Crippen molar-refractivity contribution in [1.29, 1.82) is 0 Å². The molecule has 0 unspecified atom stereocenters. The summed E-state index contributed by atoms with van der Waals surface area (Å²) in [5.74, 6) is -1.77. The molecule has 112 valence electrons. The summed E-state index contributed by atoms with van der Waals surface area (Å²) in [6.07, 6.45) is -0.0802. The molecule has 0 saturated heterocycles. The van der Waals surface area contributed by atoms with Gasteiger partial charge in [0.15, 0.2) is 5.82 Å². The van der Waals surface area contributed by atoms with Crippen molar-refractivity contribution in [2.75, 3.05) is 0 Å². The summed E-state index contributed by atoms with van der Waals surface area (Å²) in [4.78, 5) is 14.8. The van der Waals surface area contributed by atoms with Crippen LogP contribution in [0.1, 0.15) is 57.2 Å². The van der Waals surface area contributed by atoms with E-state index in [-0.39, 0.29) is 11.7 Å². The molecule has 20 heavy (non-hydrogen) atoms. The molecular formula is C12H16F3N3O2. The largest absolute Gasteiger partial charge is 0.471 e. The highest BCUT2D eigenvalue weighted by Gasteiger charge is 2.43. The molecule has 1 heterocycles. The van der Waals surface area contributed by atoms with Crippen LogP contribution in [0.25, 0.3) is 0 Å². The first-order valence-corrected chi connectivity index (χ1v) is 6.54. The molecule has 1 aliphatic rings. The van der Waals surface area contributed by atoms with E-state index in [1.807, 2.05) is 0 Å². The first-order chi connectivity index (χ1) is 9.33. The first kappa shape index (κ1) is 14.8. The highest BCUT2D eigenvalue weighted by Crippen LogP contribution is 2.36. The van der Waals surface area contributed by atoms with Gasteiger partial charge in [-0.05, 0) is 12.8 Å². The molecule has 5 nitrogen and oxygen atoms in total. The molecule has 0 radical (unpaired) electrons. The fraction of sp³-hybridized carbons (Fsp3) is 0.750. The van der Waals surface area contributed by atoms with Gasteiger partial charge in [-0.25, -0.2) is 0 Å². The van der Waals surface area contributed by atoms with E-state index in [0.717, 1.165) is 25.7 Å². The van der Waals surface area contributed by atoms with Crippen LogP contribution in [0.15, 0.2) is 4.52 Å². The lowest BCUT2D eigenvalue weighted by atomic mass is 9.89. The van der Waals surface area contributed by atoms with Gasteiger partial charge in [-0.2, -0.15) is 18.2 Å². The van der Waals surface area contributed by atoms with Gasteiger partial charge >= 0.3 is 12.1 Å². The Morgan fingerprint density at radius 3 is 2.30 bits per heavy atom. The monoisotopic (exact) mass is 291 g/mol. The Hall–Kier alpha value is -1.60. The molecule has 1 fully saturated rings. The smallest absolute Gasteiger partial charge is 0.343 e. The molecular weight excluding hydrogens is 275 g/mol. The number of halogens is 3. The van der Waals surface area contributed by atoms with Crippen LogP contribution in [0.3, 0.4) is 0 Å². The number of amides is 1. The van der Waals surface area contributed by atoms with Crippen LogP contribution in [0.5, 0.6) is 0 Å². The average molecular weight is 291 g/mol. The van der Waals surface area contributed by atoms with Gasteiger partial charge in [-0.1, -0.05) is 30.8 Å². The molecule has 0 aromatic carbocycles. The van der Waals surface area contributed by atoms with Crippen LogP contribution in [0.2, 0.25) is 0 Å². The Labute approximate surface area is 113 Å². The summed E-state index contributed by atoms with van der Waals surface area (Å²) in [7, 11) is 0. The van der Waals surface area contributed by atoms with Crippen LogP contribution in [-0.4, -0.2) is 16.0 Å². The van der Waals surface area contributed by atoms with Crippen LogP contribution < -0.4 is 5.32 Å². The molecule has 1 saturated carbocycles. The Morgan fingerprint density at radius 2 is 1.85 bits per heavy atom. The second-order valence-electron chi connectivity index (χ2n) is 5.10. The van der Waals surface area contributed by atoms with Gasteiger partial charge in [0.25, 0.3) is 0 Å². The maximum atomic E-state index is 12.6. The van der Waals surface area contributed by atoms with Crippen molar-refractivity contribution in [1.82, 2.24) is 15.5 Å². The fourth-order valence-electron chi connectivity index (χ4n) is 2.61. The number of alkyl halides is 3. The zero-order valence-corrected chi connectivity index (χ0v) is 11.1. The number of aromatic nitrogens is 2. The van der Waals surface area contributed by atoms with Crippen LogP contribution in [-0.2, 0) is 16.5 Å². The lowest BCUT2D eigenvalue weighted by molar-refractivity contribution is -0.159. The van der Waals surface area contributed by atoms with Gasteiger partial charge in [0.2, 0.25) is 5.91 Å². The van der Waals surface area contributed by atoms with Crippen LogP contribution in [0.4, 0.5) is 13.2 Å². The van der Waals surface area contributed by atoms with Crippen molar-refractivity contribution < 1.29 is 22.5 Å². The minimum absolute atomic E-state index is 0.0816. The lowest BCUT2D eigenvalue weighted by Gasteiger charge is -2.30. The predicted octanol–water partition coefficient (Wildman–Crippen LogP) is 2.77. The zero-order valence-electron chi connectivity index (χ0n) is 11.1. The Kier molecular flexibility index (Phi) is 4.01. The Morgan fingerprint density at radius 1 is 1.25 bits per heavy atom. The minimum atomic E-state index is -4.67. The van der Waals surface area contributed by atoms with Gasteiger partial charge in [-0.15, -0.1) is 0 Å². The molecule has 8 heteroatoms. The molecule has 1 N–H and O–H groups in total. The third-order valence-corrected chi connectivity index (χ3v) is 3.47. The average Bonchev–Trinajstić information content (AvgIpc) is 2.72. The summed E-state index contributed by atoms with van der Waals surface area (Å²) >= 11 is 0. The summed E-state index contributed by atoms with van der Waals surface area (Å²) in [6, 6.07) is 0. The van der Waals surface area contributed by atoms with E-state index < -0.39 is 17.6 Å². The second kappa shape index (κ2) is 5.41. The molecule has 0 aliphatic heterocycles. The maximum absolute atomic E-state index is 12.6. The number of hydrogen-bond acceptors (Lipinski definition) is 4. The minimum Gasteiger partial charge on any atom is -0.343 e. The quantitative estimate of drug-likeness (QED) is 0.851. The third-order valence-electron chi connectivity index (χ3n) is 3.47. The van der Waals surface area contributed by atoms with E-state index in [2.05, 4.69) is 20.0 Å². The van der Waals surface area contributed by atoms with E-state index in [0.29, 0.717) is 12.8 Å². The second-order valence-corrected chi connectivity index (χ2v) is 5.10. The molecule has 1 aliphatic carbocycles. The van der Waals surface area contributed by atoms with Crippen LogP contribution >= 0.6 is 0 Å². The van der Waals surface area contributed by atoms with Gasteiger partial charge in [0.1, 0.15) is 5.54 Å². The predicted molar refractivity (Wildman–Crippen MR) is 62.5 cm³/mol. The first-order valence-electron chi connectivity index (χ1n) is 6.54. The third kappa shape index (κ3) is 3.10. The molecule has 1 amide bonds. The lowest BCUT2D eigenvalue weighted by Crippen LogP contribution is -2.45.